The van der Waals surface area contributed by atoms with Gasteiger partial charge < -0.3 is 5.32 Å². The second-order valence-corrected chi connectivity index (χ2v) is 6.56. The van der Waals surface area contributed by atoms with Gasteiger partial charge in [0.15, 0.2) is 0 Å². The number of halogens is 4. The average Bonchev–Trinajstić information content (AvgIpc) is 2.96. The Balaban J connectivity index is 2.13. The molecule has 0 saturated heterocycles. The van der Waals surface area contributed by atoms with E-state index in [1.807, 2.05) is 0 Å². The number of benzene rings is 2. The first-order valence-electron chi connectivity index (χ1n) is 8.43. The smallest absolute Gasteiger partial charge is 0.312 e. The molecule has 0 unspecified atom stereocenters. The third-order valence-corrected chi connectivity index (χ3v) is 4.58. The van der Waals surface area contributed by atoms with Crippen molar-refractivity contribution in [2.24, 2.45) is 4.99 Å². The van der Waals surface area contributed by atoms with E-state index in [0.29, 0.717) is 5.56 Å². The van der Waals surface area contributed by atoms with E-state index in [1.165, 1.54) is 42.5 Å². The van der Waals surface area contributed by atoms with Crippen molar-refractivity contribution in [1.29, 1.82) is 0 Å². The molecule has 3 rings (SSSR count). The number of amidine groups is 1. The first-order chi connectivity index (χ1) is 13.7. The zero-order valence-electron chi connectivity index (χ0n) is 14.9. The Kier molecular flexibility index (Phi) is 5.48. The summed E-state index contributed by atoms with van der Waals surface area (Å²) >= 11 is 5.92. The Morgan fingerprint density at radius 2 is 1.79 bits per heavy atom. The molecule has 1 aliphatic rings. The van der Waals surface area contributed by atoms with E-state index in [-0.39, 0.29) is 23.0 Å². The summed E-state index contributed by atoms with van der Waals surface area (Å²) in [6.45, 7) is 3.27. The topological polar surface area (TPSA) is 61.8 Å². The lowest BCUT2D eigenvalue weighted by molar-refractivity contribution is -0.196. The number of nitrogens with zero attached hydrogens (tertiary/aromatic N) is 2. The Morgan fingerprint density at radius 1 is 1.17 bits per heavy atom. The fraction of sp³-hybridized carbons (Fsp3) is 0.150. The van der Waals surface area contributed by atoms with Crippen LogP contribution in [-0.4, -0.2) is 40.9 Å². The van der Waals surface area contributed by atoms with Crippen LogP contribution in [0.5, 0.6) is 0 Å². The summed E-state index contributed by atoms with van der Waals surface area (Å²) in [5.41, 5.74) is -3.39. The molecule has 5 nitrogen and oxygen atoms in total. The van der Waals surface area contributed by atoms with E-state index < -0.39 is 23.7 Å². The molecule has 0 fully saturated rings. The molecule has 1 N–H and O–H groups in total. The summed E-state index contributed by atoms with van der Waals surface area (Å²) in [6.07, 6.45) is -3.92. The Labute approximate surface area is 169 Å². The van der Waals surface area contributed by atoms with Crippen LogP contribution in [0.15, 0.2) is 72.2 Å². The normalized spacial score (nSPS) is 19.1. The van der Waals surface area contributed by atoms with Crippen molar-refractivity contribution in [2.45, 2.75) is 11.8 Å². The van der Waals surface area contributed by atoms with E-state index in [0.717, 1.165) is 4.90 Å². The SMILES string of the molecule is C=CCN1C(=O)[C@](NC(=O)c2ccccc2Cl)(C(F)(F)F)N=C1c1ccccc1. The van der Waals surface area contributed by atoms with Crippen LogP contribution in [0.25, 0.3) is 0 Å². The number of hydrogen-bond acceptors (Lipinski definition) is 3. The monoisotopic (exact) mass is 421 g/mol. The molecule has 2 amide bonds. The molecule has 1 aliphatic heterocycles. The van der Waals surface area contributed by atoms with Gasteiger partial charge >= 0.3 is 11.8 Å². The fourth-order valence-corrected chi connectivity index (χ4v) is 3.10. The molecule has 0 bridgehead atoms. The molecule has 0 saturated carbocycles. The molecule has 0 aliphatic carbocycles. The van der Waals surface area contributed by atoms with Crippen LogP contribution >= 0.6 is 11.6 Å². The Morgan fingerprint density at radius 3 is 2.38 bits per heavy atom. The maximum Gasteiger partial charge on any atom is 0.442 e. The third-order valence-electron chi connectivity index (χ3n) is 4.25. The number of hydrogen-bond donors (Lipinski definition) is 1. The molecule has 29 heavy (non-hydrogen) atoms. The van der Waals surface area contributed by atoms with Crippen LogP contribution in [0.2, 0.25) is 5.02 Å². The van der Waals surface area contributed by atoms with E-state index in [9.17, 15) is 22.8 Å². The minimum Gasteiger partial charge on any atom is -0.312 e. The van der Waals surface area contributed by atoms with Gasteiger partial charge in [-0.25, -0.2) is 4.99 Å². The van der Waals surface area contributed by atoms with E-state index in [2.05, 4.69) is 11.6 Å². The van der Waals surface area contributed by atoms with Crippen LogP contribution in [-0.2, 0) is 4.79 Å². The minimum atomic E-state index is -5.20. The van der Waals surface area contributed by atoms with Gasteiger partial charge in [-0.1, -0.05) is 60.1 Å². The highest BCUT2D eigenvalue weighted by atomic mass is 35.5. The summed E-state index contributed by atoms with van der Waals surface area (Å²) in [4.78, 5) is 30.0. The molecule has 2 aromatic carbocycles. The number of carbonyl (C=O) groups excluding carboxylic acids is 2. The van der Waals surface area contributed by atoms with Crippen molar-refractivity contribution in [1.82, 2.24) is 10.2 Å². The highest BCUT2D eigenvalue weighted by Crippen LogP contribution is 2.38. The number of amides is 2. The van der Waals surface area contributed by atoms with Gasteiger partial charge in [-0.2, -0.15) is 13.2 Å². The average molecular weight is 422 g/mol. The zero-order chi connectivity index (χ0) is 21.2. The van der Waals surface area contributed by atoms with Gasteiger partial charge in [-0.15, -0.1) is 6.58 Å². The number of alkyl halides is 3. The predicted molar refractivity (Wildman–Crippen MR) is 103 cm³/mol. The summed E-state index contributed by atoms with van der Waals surface area (Å²) < 4.78 is 42.4. The van der Waals surface area contributed by atoms with Crippen LogP contribution in [0, 0.1) is 0 Å². The summed E-state index contributed by atoms with van der Waals surface area (Å²) in [7, 11) is 0. The lowest BCUT2D eigenvalue weighted by atomic mass is 10.1. The van der Waals surface area contributed by atoms with Crippen molar-refractivity contribution in [3.05, 3.63) is 83.4 Å². The van der Waals surface area contributed by atoms with Crippen molar-refractivity contribution in [2.75, 3.05) is 6.54 Å². The van der Waals surface area contributed by atoms with Crippen LogP contribution in [0.4, 0.5) is 13.2 Å². The van der Waals surface area contributed by atoms with Gasteiger partial charge in [0.1, 0.15) is 5.84 Å². The lowest BCUT2D eigenvalue weighted by Gasteiger charge is -2.29. The van der Waals surface area contributed by atoms with Gasteiger partial charge in [0.05, 0.1) is 10.6 Å². The third kappa shape index (κ3) is 3.63. The first-order valence-corrected chi connectivity index (χ1v) is 8.81. The number of aliphatic imine (C=N–C) groups is 1. The zero-order valence-corrected chi connectivity index (χ0v) is 15.7. The molecule has 9 heteroatoms. The lowest BCUT2D eigenvalue weighted by Crippen LogP contribution is -2.63. The minimum absolute atomic E-state index is 0.0528. The highest BCUT2D eigenvalue weighted by molar-refractivity contribution is 6.34. The van der Waals surface area contributed by atoms with Gasteiger partial charge in [0.25, 0.3) is 11.8 Å². The van der Waals surface area contributed by atoms with Crippen molar-refractivity contribution in [3.8, 4) is 0 Å². The van der Waals surface area contributed by atoms with Crippen molar-refractivity contribution >= 4 is 29.3 Å². The number of rotatable bonds is 5. The summed E-state index contributed by atoms with van der Waals surface area (Å²) in [5.74, 6) is -2.81. The van der Waals surface area contributed by atoms with Crippen LogP contribution < -0.4 is 5.32 Å². The summed E-state index contributed by atoms with van der Waals surface area (Å²) in [5, 5.41) is 1.71. The van der Waals surface area contributed by atoms with Gasteiger partial charge in [-0.3, -0.25) is 14.5 Å². The maximum absolute atomic E-state index is 14.1. The fourth-order valence-electron chi connectivity index (χ4n) is 2.88. The largest absolute Gasteiger partial charge is 0.442 e. The molecule has 0 spiro atoms. The van der Waals surface area contributed by atoms with E-state index in [1.54, 1.807) is 23.5 Å². The van der Waals surface area contributed by atoms with Gasteiger partial charge in [0, 0.05) is 12.1 Å². The molecule has 2 aromatic rings. The molecule has 1 heterocycles. The molecule has 1 atom stereocenters. The maximum atomic E-state index is 14.1. The molecule has 0 aromatic heterocycles. The van der Waals surface area contributed by atoms with E-state index >= 15 is 0 Å². The molecular formula is C20H15ClF3N3O2. The quantitative estimate of drug-likeness (QED) is 0.746. The highest BCUT2D eigenvalue weighted by Gasteiger charge is 2.67. The standard InChI is InChI=1S/C20H15ClF3N3O2/c1-2-12-27-16(13-8-4-3-5-9-13)25-19(18(27)29,20(22,23)24)26-17(28)14-10-6-7-11-15(14)21/h2-11H,1,12H2,(H,26,28)/t19-/m0/s1. The van der Waals surface area contributed by atoms with Gasteiger partial charge in [0.2, 0.25) is 0 Å². The Hall–Kier alpha value is -3.13. The molecule has 150 valence electrons. The first kappa shape index (κ1) is 20.6. The summed E-state index contributed by atoms with van der Waals surface area (Å²) in [6, 6.07) is 13.5. The number of nitrogens with one attached hydrogen (secondary N) is 1. The molecule has 0 radical (unpaired) electrons. The van der Waals surface area contributed by atoms with Crippen molar-refractivity contribution in [3.63, 3.8) is 0 Å². The number of carbonyl (C=O) groups is 2. The van der Waals surface area contributed by atoms with Crippen LogP contribution in [0.3, 0.4) is 0 Å². The van der Waals surface area contributed by atoms with E-state index in [4.69, 9.17) is 11.6 Å². The second kappa shape index (κ2) is 7.71. The second-order valence-electron chi connectivity index (χ2n) is 6.15. The van der Waals surface area contributed by atoms with Crippen LogP contribution in [0.1, 0.15) is 15.9 Å². The predicted octanol–water partition coefficient (Wildman–Crippen LogP) is 3.80. The van der Waals surface area contributed by atoms with Gasteiger partial charge in [-0.05, 0) is 12.1 Å². The Bertz CT molecular complexity index is 992. The van der Waals surface area contributed by atoms with Crippen molar-refractivity contribution < 1.29 is 22.8 Å². The molecular weight excluding hydrogens is 407 g/mol.